The Hall–Kier alpha value is -2.37. The van der Waals surface area contributed by atoms with Crippen LogP contribution in [0.2, 0.25) is 0 Å². The van der Waals surface area contributed by atoms with Crippen molar-refractivity contribution in [2.24, 2.45) is 0 Å². The van der Waals surface area contributed by atoms with Crippen LogP contribution in [0, 0.1) is 5.82 Å². The molecule has 0 bridgehead atoms. The lowest BCUT2D eigenvalue weighted by Crippen LogP contribution is -2.48. The monoisotopic (exact) mass is 318 g/mol. The molecule has 1 atom stereocenters. The van der Waals surface area contributed by atoms with Crippen LogP contribution in [0.1, 0.15) is 38.3 Å². The van der Waals surface area contributed by atoms with E-state index in [0.29, 0.717) is 16.8 Å². The summed E-state index contributed by atoms with van der Waals surface area (Å²) in [5, 5.41) is 2.85. The second kappa shape index (κ2) is 6.02. The summed E-state index contributed by atoms with van der Waals surface area (Å²) < 4.78 is 18.3. The summed E-state index contributed by atoms with van der Waals surface area (Å²) in [4.78, 5) is 26.5. The average molecular weight is 318 g/mol. The summed E-state index contributed by atoms with van der Waals surface area (Å²) >= 11 is 0. The van der Waals surface area contributed by atoms with Crippen molar-refractivity contribution in [2.45, 2.75) is 38.8 Å². The number of allylic oxidation sites excluding steroid dienone is 1. The Morgan fingerprint density at radius 3 is 2.57 bits per heavy atom. The number of nitrogens with one attached hydrogen (secondary N) is 1. The van der Waals surface area contributed by atoms with Gasteiger partial charge in [0.25, 0.3) is 0 Å². The van der Waals surface area contributed by atoms with Gasteiger partial charge in [0, 0.05) is 11.7 Å². The minimum Gasteiger partial charge on any atom is -0.463 e. The van der Waals surface area contributed by atoms with Gasteiger partial charge >= 0.3 is 12.0 Å². The molecule has 1 aromatic carbocycles. The van der Waals surface area contributed by atoms with Gasteiger partial charge in [0.05, 0.1) is 18.2 Å². The molecule has 2 amide bonds. The first-order chi connectivity index (χ1) is 11.0. The maximum absolute atomic E-state index is 13.2. The molecule has 5 nitrogen and oxygen atoms in total. The number of nitrogens with zero attached hydrogens (tertiary/aromatic N) is 1. The zero-order chi connectivity index (χ0) is 16.6. The van der Waals surface area contributed by atoms with E-state index in [1.54, 1.807) is 30.9 Å². The Bertz CT molecular complexity index is 665. The third kappa shape index (κ3) is 2.93. The van der Waals surface area contributed by atoms with Gasteiger partial charge in [0.2, 0.25) is 0 Å². The molecule has 122 valence electrons. The van der Waals surface area contributed by atoms with E-state index in [9.17, 15) is 14.0 Å². The summed E-state index contributed by atoms with van der Waals surface area (Å²) in [7, 11) is 0. The van der Waals surface area contributed by atoms with Crippen molar-refractivity contribution in [1.29, 1.82) is 0 Å². The summed E-state index contributed by atoms with van der Waals surface area (Å²) in [6.45, 7) is 3.75. The number of hydrogen-bond acceptors (Lipinski definition) is 3. The predicted molar refractivity (Wildman–Crippen MR) is 81.9 cm³/mol. The van der Waals surface area contributed by atoms with E-state index in [1.807, 2.05) is 0 Å². The highest BCUT2D eigenvalue weighted by molar-refractivity contribution is 5.95. The molecular formula is C17H19FN2O3. The smallest absolute Gasteiger partial charge is 0.338 e. The third-order valence-corrected chi connectivity index (χ3v) is 4.14. The number of amides is 2. The van der Waals surface area contributed by atoms with Gasteiger partial charge in [-0.05, 0) is 44.4 Å². The second-order valence-electron chi connectivity index (χ2n) is 5.75. The number of carbonyl (C=O) groups is 2. The van der Waals surface area contributed by atoms with E-state index < -0.39 is 12.0 Å². The summed E-state index contributed by atoms with van der Waals surface area (Å²) in [6.07, 6.45) is 1.87. The number of benzene rings is 1. The molecule has 0 saturated heterocycles. The first-order valence-corrected chi connectivity index (χ1v) is 7.76. The molecular weight excluding hydrogens is 299 g/mol. The predicted octanol–water partition coefficient (Wildman–Crippen LogP) is 2.89. The van der Waals surface area contributed by atoms with Crippen LogP contribution in [0.4, 0.5) is 9.18 Å². The largest absolute Gasteiger partial charge is 0.463 e. The van der Waals surface area contributed by atoms with Crippen LogP contribution >= 0.6 is 0 Å². The van der Waals surface area contributed by atoms with Gasteiger partial charge in [-0.1, -0.05) is 12.1 Å². The highest BCUT2D eigenvalue weighted by Crippen LogP contribution is 2.37. The quantitative estimate of drug-likeness (QED) is 0.869. The van der Waals surface area contributed by atoms with Crippen molar-refractivity contribution in [2.75, 3.05) is 6.61 Å². The molecule has 1 saturated carbocycles. The zero-order valence-electron chi connectivity index (χ0n) is 13.1. The molecule has 2 aliphatic rings. The number of rotatable bonds is 4. The van der Waals surface area contributed by atoms with Crippen molar-refractivity contribution in [3.8, 4) is 0 Å². The second-order valence-corrected chi connectivity index (χ2v) is 5.75. The molecule has 1 N–H and O–H groups in total. The lowest BCUT2D eigenvalue weighted by molar-refractivity contribution is -0.139. The summed E-state index contributed by atoms with van der Waals surface area (Å²) in [5.41, 5.74) is 1.67. The molecule has 0 spiro atoms. The Morgan fingerprint density at radius 2 is 2.00 bits per heavy atom. The molecule has 1 fully saturated rings. The Balaban J connectivity index is 2.04. The van der Waals surface area contributed by atoms with E-state index in [2.05, 4.69) is 5.32 Å². The van der Waals surface area contributed by atoms with E-state index in [4.69, 9.17) is 4.74 Å². The van der Waals surface area contributed by atoms with Crippen LogP contribution in [-0.4, -0.2) is 29.5 Å². The van der Waals surface area contributed by atoms with E-state index in [-0.39, 0.29) is 24.5 Å². The first-order valence-electron chi connectivity index (χ1n) is 7.76. The molecule has 0 radical (unpaired) electrons. The maximum Gasteiger partial charge on any atom is 0.338 e. The molecule has 1 aromatic rings. The fourth-order valence-electron chi connectivity index (χ4n) is 2.91. The molecule has 1 heterocycles. The minimum absolute atomic E-state index is 0.147. The van der Waals surface area contributed by atoms with Crippen molar-refractivity contribution >= 4 is 12.0 Å². The first kappa shape index (κ1) is 15.5. The third-order valence-electron chi connectivity index (χ3n) is 4.14. The number of ether oxygens (including phenoxy) is 1. The van der Waals surface area contributed by atoms with Crippen LogP contribution in [0.3, 0.4) is 0 Å². The molecule has 6 heteroatoms. The van der Waals surface area contributed by atoms with Crippen LogP contribution < -0.4 is 5.32 Å². The van der Waals surface area contributed by atoms with Gasteiger partial charge in [-0.15, -0.1) is 0 Å². The molecule has 1 aliphatic heterocycles. The lowest BCUT2D eigenvalue weighted by Gasteiger charge is -2.35. The maximum atomic E-state index is 13.2. The highest BCUT2D eigenvalue weighted by atomic mass is 19.1. The van der Waals surface area contributed by atoms with Gasteiger partial charge in [0.1, 0.15) is 5.82 Å². The fraction of sp³-hybridized carbons (Fsp3) is 0.412. The van der Waals surface area contributed by atoms with Crippen LogP contribution in [0.25, 0.3) is 0 Å². The Morgan fingerprint density at radius 1 is 1.35 bits per heavy atom. The number of halogens is 1. The van der Waals surface area contributed by atoms with Crippen molar-refractivity contribution in [3.63, 3.8) is 0 Å². The van der Waals surface area contributed by atoms with Gasteiger partial charge in [-0.2, -0.15) is 0 Å². The minimum atomic E-state index is -0.628. The molecule has 23 heavy (non-hydrogen) atoms. The van der Waals surface area contributed by atoms with Crippen LogP contribution in [-0.2, 0) is 9.53 Å². The fourth-order valence-corrected chi connectivity index (χ4v) is 2.91. The van der Waals surface area contributed by atoms with Gasteiger partial charge in [-0.25, -0.2) is 14.0 Å². The van der Waals surface area contributed by atoms with Gasteiger partial charge < -0.3 is 10.1 Å². The van der Waals surface area contributed by atoms with Crippen molar-refractivity contribution < 1.29 is 18.7 Å². The summed E-state index contributed by atoms with van der Waals surface area (Å²) in [5.74, 6) is -0.821. The van der Waals surface area contributed by atoms with Crippen molar-refractivity contribution in [3.05, 3.63) is 46.9 Å². The number of esters is 1. The SMILES string of the molecule is CCOC(=O)C1=C(C)N(C2CC2)C(=O)N[C@@H]1c1ccc(F)cc1. The normalized spacial score (nSPS) is 21.3. The lowest BCUT2D eigenvalue weighted by atomic mass is 9.95. The summed E-state index contributed by atoms with van der Waals surface area (Å²) in [6, 6.07) is 5.05. The van der Waals surface area contributed by atoms with E-state index in [0.717, 1.165) is 12.8 Å². The number of carbonyl (C=O) groups excluding carboxylic acids is 2. The standard InChI is InChI=1S/C17H19FN2O3/c1-3-23-16(21)14-10(2)20(13-8-9-13)17(22)19-15(14)11-4-6-12(18)7-5-11/h4-7,13,15H,3,8-9H2,1-2H3,(H,19,22)/t15-/m1/s1. The topological polar surface area (TPSA) is 58.6 Å². The molecule has 3 rings (SSSR count). The number of urea groups is 1. The molecule has 0 unspecified atom stereocenters. The molecule has 0 aromatic heterocycles. The van der Waals surface area contributed by atoms with Crippen LogP contribution in [0.15, 0.2) is 35.5 Å². The van der Waals surface area contributed by atoms with E-state index in [1.165, 1.54) is 12.1 Å². The highest BCUT2D eigenvalue weighted by Gasteiger charge is 2.42. The van der Waals surface area contributed by atoms with Gasteiger partial charge in [-0.3, -0.25) is 4.90 Å². The van der Waals surface area contributed by atoms with E-state index >= 15 is 0 Å². The van der Waals surface area contributed by atoms with Gasteiger partial charge in [0.15, 0.2) is 0 Å². The Kier molecular flexibility index (Phi) is 4.07. The zero-order valence-corrected chi connectivity index (χ0v) is 13.1. The molecule has 1 aliphatic carbocycles. The Labute approximate surface area is 134 Å². The van der Waals surface area contributed by atoms with Crippen molar-refractivity contribution in [1.82, 2.24) is 10.2 Å². The average Bonchev–Trinajstić information content (AvgIpc) is 3.32. The number of hydrogen-bond donors (Lipinski definition) is 1. The van der Waals surface area contributed by atoms with Crippen LogP contribution in [0.5, 0.6) is 0 Å².